The minimum atomic E-state index is 0. The molecule has 0 bridgehead atoms. The van der Waals surface area contributed by atoms with Crippen molar-refractivity contribution in [2.75, 3.05) is 60.0 Å². The lowest BCUT2D eigenvalue weighted by atomic mass is 10.1. The highest BCUT2D eigenvalue weighted by Crippen LogP contribution is 2.08. The summed E-state index contributed by atoms with van der Waals surface area (Å²) in [6.07, 6.45) is 37.7. The second-order valence-electron chi connectivity index (χ2n) is 22.2. The maximum atomic E-state index is 10.5. The molecular formula is C83H184N8O8. The molecule has 604 valence electrons. The van der Waals surface area contributed by atoms with Gasteiger partial charge in [0.15, 0.2) is 0 Å². The molecule has 0 aliphatic rings. The van der Waals surface area contributed by atoms with Crippen molar-refractivity contribution in [3.8, 4) is 0 Å². The SMILES string of the molecule is C.C.C.C.C.C.C.C.C.C.C=CCC.C=CCC.CC(=O)CCOCOCCC(C)=O.CC/C(C)=N/N=C(\C)CCOCOCC/C(C)=N/N=C(\C)CC.CCCCCC.CCCCCC.CCCCCCC/C(C)=N/N=C(\C)CCOCOCC/C(C)=N/N=C(\C)CCCCCCC. The van der Waals surface area contributed by atoms with E-state index in [4.69, 9.17) is 28.4 Å². The summed E-state index contributed by atoms with van der Waals surface area (Å²) in [7, 11) is 0. The monoisotopic (exact) mass is 1420 g/mol. The van der Waals surface area contributed by atoms with E-state index in [2.05, 4.69) is 137 Å². The summed E-state index contributed by atoms with van der Waals surface area (Å²) >= 11 is 0. The Labute approximate surface area is 623 Å². The highest BCUT2D eigenvalue weighted by molar-refractivity contribution is 5.87. The predicted molar refractivity (Wildman–Crippen MR) is 460 cm³/mol. The van der Waals surface area contributed by atoms with Gasteiger partial charge in [0.1, 0.15) is 31.9 Å². The first-order chi connectivity index (χ1) is 42.8. The van der Waals surface area contributed by atoms with Crippen LogP contribution < -0.4 is 0 Å². The van der Waals surface area contributed by atoms with Crippen molar-refractivity contribution in [2.45, 2.75) is 405 Å². The number of nitrogens with zero attached hydrogens (tertiary/aromatic N) is 8. The van der Waals surface area contributed by atoms with Gasteiger partial charge in [0.05, 0.1) is 39.6 Å². The summed E-state index contributed by atoms with van der Waals surface area (Å²) in [5, 5.41) is 33.9. The third-order valence-corrected chi connectivity index (χ3v) is 12.5. The highest BCUT2D eigenvalue weighted by atomic mass is 16.7. The van der Waals surface area contributed by atoms with Gasteiger partial charge in [-0.15, -0.1) is 13.2 Å². The second-order valence-corrected chi connectivity index (χ2v) is 22.2. The Bertz CT molecular complexity index is 1660. The van der Waals surface area contributed by atoms with Gasteiger partial charge in [0, 0.05) is 84.2 Å². The van der Waals surface area contributed by atoms with E-state index in [-0.39, 0.29) is 99.4 Å². The largest absolute Gasteiger partial charge is 0.355 e. The fraction of sp³-hybridized carbons (Fsp3) is 0.831. The zero-order valence-corrected chi connectivity index (χ0v) is 62.0. The zero-order chi connectivity index (χ0) is 68.7. The molecule has 0 fully saturated rings. The van der Waals surface area contributed by atoms with Gasteiger partial charge >= 0.3 is 0 Å². The number of unbranched alkanes of at least 4 members (excludes halogenated alkanes) is 14. The van der Waals surface area contributed by atoms with E-state index in [0.29, 0.717) is 59.3 Å². The van der Waals surface area contributed by atoms with Gasteiger partial charge in [-0.3, -0.25) is 9.59 Å². The lowest BCUT2D eigenvalue weighted by Crippen LogP contribution is -2.07. The minimum absolute atomic E-state index is 0. The van der Waals surface area contributed by atoms with Crippen LogP contribution in [0.1, 0.15) is 405 Å². The van der Waals surface area contributed by atoms with Crippen molar-refractivity contribution < 1.29 is 38.0 Å². The van der Waals surface area contributed by atoms with Crippen LogP contribution in [0.3, 0.4) is 0 Å². The van der Waals surface area contributed by atoms with Gasteiger partial charge < -0.3 is 28.4 Å². The van der Waals surface area contributed by atoms with Crippen LogP contribution in [0.4, 0.5) is 0 Å². The molecule has 0 saturated carbocycles. The van der Waals surface area contributed by atoms with E-state index in [9.17, 15) is 9.59 Å². The van der Waals surface area contributed by atoms with Gasteiger partial charge in [0.2, 0.25) is 0 Å². The van der Waals surface area contributed by atoms with Crippen LogP contribution in [-0.2, 0) is 38.0 Å². The maximum Gasteiger partial charge on any atom is 0.146 e. The fourth-order valence-electron chi connectivity index (χ4n) is 5.93. The smallest absolute Gasteiger partial charge is 0.146 e. The average Bonchev–Trinajstić information content (AvgIpc) is 2.74. The Hall–Kier alpha value is -4.06. The fourth-order valence-corrected chi connectivity index (χ4v) is 5.93. The Balaban J connectivity index is -0.0000000593. The average molecular weight is 1420 g/mol. The molecule has 0 radical (unpaired) electrons. The quantitative estimate of drug-likeness (QED) is 0.0189. The lowest BCUT2D eigenvalue weighted by Gasteiger charge is -2.05. The summed E-state index contributed by atoms with van der Waals surface area (Å²) in [6.45, 7) is 51.5. The van der Waals surface area contributed by atoms with Gasteiger partial charge in [-0.2, -0.15) is 40.8 Å². The van der Waals surface area contributed by atoms with Crippen LogP contribution in [0.15, 0.2) is 66.1 Å². The highest BCUT2D eigenvalue weighted by Gasteiger charge is 2.01. The summed E-state index contributed by atoms with van der Waals surface area (Å²) in [4.78, 5) is 20.9. The molecule has 0 rings (SSSR count). The van der Waals surface area contributed by atoms with Crippen LogP contribution in [-0.4, -0.2) is 117 Å². The first-order valence-electron chi connectivity index (χ1n) is 34.7. The third-order valence-electron chi connectivity index (χ3n) is 12.5. The van der Waals surface area contributed by atoms with Crippen molar-refractivity contribution >= 4 is 57.3 Å². The molecule has 0 heterocycles. The molecule has 0 atom stereocenters. The van der Waals surface area contributed by atoms with E-state index in [1.54, 1.807) is 0 Å². The number of carbonyl (C=O) groups is 2. The van der Waals surface area contributed by atoms with Crippen LogP contribution in [0, 0.1) is 0 Å². The van der Waals surface area contributed by atoms with Crippen molar-refractivity contribution in [3.05, 3.63) is 25.3 Å². The standard InChI is InChI=1S/C27H52N4O2.C17H32N4O2.C9H16O4.2C6H14.2C4H8.10CH4/c1-7-9-11-13-15-17-24(3)28-30-26(5)19-21-32-23-33-22-20-27(6)31-29-25(4)18-16-14-12-10-8-2;1-7-14(3)18-20-16(5)9-11-22-13-23-12-10-17(6)21-19-15(4)8-2;1-8(10)3-5-12-7-13-6-4-9(2)11;2*1-3-5-6-4-2;2*1-3-4-2;;;;;;;;;;/h7-23H2,1-6H3;7-13H2,1-6H3;3-7H2,1-2H3;2*3-6H2,1-2H3;2*3H,1,4H2,2H3;10*1H4/b28-24+,29-25+,30-26+,31-27+;18-14+,19-15+,20-16+,21-17+;;;;;;;;;;;;;;;. The zero-order valence-electron chi connectivity index (χ0n) is 62.0. The number of ketones is 2. The summed E-state index contributed by atoms with van der Waals surface area (Å²) in [6, 6.07) is 0. The van der Waals surface area contributed by atoms with E-state index in [1.165, 1.54) is 129 Å². The molecular weight excluding hydrogens is 1240 g/mol. The molecule has 0 saturated heterocycles. The van der Waals surface area contributed by atoms with Gasteiger partial charge in [-0.1, -0.05) is 258 Å². The van der Waals surface area contributed by atoms with E-state index in [1.807, 2.05) is 53.7 Å². The molecule has 0 aromatic carbocycles. The Morgan fingerprint density at radius 1 is 0.253 bits per heavy atom. The predicted octanol–water partition coefficient (Wildman–Crippen LogP) is 28.0. The maximum absolute atomic E-state index is 10.5. The molecule has 0 spiro atoms. The van der Waals surface area contributed by atoms with Crippen LogP contribution in [0.5, 0.6) is 0 Å². The van der Waals surface area contributed by atoms with Crippen LogP contribution in [0.2, 0.25) is 0 Å². The number of allylic oxidation sites excluding steroid dienone is 2. The number of hydrogen-bond donors (Lipinski definition) is 0. The van der Waals surface area contributed by atoms with E-state index in [0.717, 1.165) is 110 Å². The summed E-state index contributed by atoms with van der Waals surface area (Å²) in [5.74, 6) is 0.201. The van der Waals surface area contributed by atoms with Crippen molar-refractivity contribution in [2.24, 2.45) is 40.8 Å². The number of Topliss-reactive ketones (excluding diaryl/α,β-unsaturated/α-hetero) is 2. The molecule has 16 nitrogen and oxygen atoms in total. The number of carbonyl (C=O) groups excluding carboxylic acids is 2. The summed E-state index contributed by atoms with van der Waals surface area (Å²) < 4.78 is 31.9. The Morgan fingerprint density at radius 2 is 0.414 bits per heavy atom. The third kappa shape index (κ3) is 153. The van der Waals surface area contributed by atoms with Gasteiger partial charge in [0.25, 0.3) is 0 Å². The molecule has 0 aromatic heterocycles. The Morgan fingerprint density at radius 3 is 0.586 bits per heavy atom. The number of hydrogen-bond acceptors (Lipinski definition) is 16. The van der Waals surface area contributed by atoms with Gasteiger partial charge in [-0.05, 0) is 121 Å². The lowest BCUT2D eigenvalue weighted by molar-refractivity contribution is -0.121. The normalized spacial score (nSPS) is 10.9. The number of rotatable bonds is 50. The molecule has 0 aromatic rings. The van der Waals surface area contributed by atoms with E-state index >= 15 is 0 Å². The van der Waals surface area contributed by atoms with Crippen LogP contribution in [0.25, 0.3) is 0 Å². The van der Waals surface area contributed by atoms with Crippen molar-refractivity contribution in [1.29, 1.82) is 0 Å². The molecule has 0 aliphatic heterocycles. The molecule has 0 aliphatic carbocycles. The van der Waals surface area contributed by atoms with Gasteiger partial charge in [-0.25, -0.2) is 0 Å². The van der Waals surface area contributed by atoms with E-state index < -0.39 is 0 Å². The summed E-state index contributed by atoms with van der Waals surface area (Å²) in [5.41, 5.74) is 8.18. The molecule has 99 heavy (non-hydrogen) atoms. The molecule has 16 heteroatoms. The first-order valence-corrected chi connectivity index (χ1v) is 34.7. The number of ether oxygens (including phenoxy) is 6. The topological polar surface area (TPSA) is 188 Å². The molecule has 0 amide bonds. The minimum Gasteiger partial charge on any atom is -0.355 e. The van der Waals surface area contributed by atoms with Crippen molar-refractivity contribution in [3.63, 3.8) is 0 Å². The molecule has 0 N–H and O–H groups in total. The second kappa shape index (κ2) is 124. The first kappa shape index (κ1) is 138. The van der Waals surface area contributed by atoms with Crippen molar-refractivity contribution in [1.82, 2.24) is 0 Å². The Kier molecular flexibility index (Phi) is 173. The molecule has 0 unspecified atom stereocenters. The van der Waals surface area contributed by atoms with Crippen LogP contribution >= 0.6 is 0 Å².